The van der Waals surface area contributed by atoms with Crippen LogP contribution in [-0.4, -0.2) is 38.9 Å². The fourth-order valence-corrected chi connectivity index (χ4v) is 3.21. The quantitative estimate of drug-likeness (QED) is 0.793. The number of nitrogens with zero attached hydrogens (tertiary/aromatic N) is 4. The van der Waals surface area contributed by atoms with E-state index in [0.29, 0.717) is 18.9 Å². The van der Waals surface area contributed by atoms with Crippen molar-refractivity contribution in [3.8, 4) is 11.3 Å². The Labute approximate surface area is 143 Å². The van der Waals surface area contributed by atoms with E-state index in [1.165, 1.54) is 0 Å². The molecule has 3 rings (SSSR count). The van der Waals surface area contributed by atoms with Crippen molar-refractivity contribution in [2.24, 2.45) is 5.92 Å². The molecule has 1 aliphatic rings. The van der Waals surface area contributed by atoms with E-state index in [4.69, 9.17) is 0 Å². The van der Waals surface area contributed by atoms with E-state index in [2.05, 4.69) is 17.2 Å². The Morgan fingerprint density at radius 3 is 2.83 bits per heavy atom. The number of benzene rings is 1. The second-order valence-electron chi connectivity index (χ2n) is 6.40. The van der Waals surface area contributed by atoms with Crippen LogP contribution in [0.25, 0.3) is 11.3 Å². The molecule has 1 aromatic carbocycles. The lowest BCUT2D eigenvalue weighted by molar-refractivity contribution is -0.130. The molecule has 0 saturated carbocycles. The van der Waals surface area contributed by atoms with Gasteiger partial charge < -0.3 is 4.90 Å². The molecule has 126 valence electrons. The van der Waals surface area contributed by atoms with Crippen molar-refractivity contribution in [3.63, 3.8) is 0 Å². The molecular formula is C19H24N4O. The van der Waals surface area contributed by atoms with Crippen molar-refractivity contribution in [3.05, 3.63) is 48.7 Å². The highest BCUT2D eigenvalue weighted by Gasteiger charge is 2.34. The summed E-state index contributed by atoms with van der Waals surface area (Å²) in [7, 11) is 0. The molecule has 0 aliphatic carbocycles. The summed E-state index contributed by atoms with van der Waals surface area (Å²) in [6.45, 7) is 5.66. The van der Waals surface area contributed by atoms with Crippen LogP contribution in [0.15, 0.2) is 48.7 Å². The van der Waals surface area contributed by atoms with Crippen LogP contribution < -0.4 is 0 Å². The van der Waals surface area contributed by atoms with Gasteiger partial charge in [-0.15, -0.1) is 5.10 Å². The second kappa shape index (κ2) is 7.43. The Kier molecular flexibility index (Phi) is 5.08. The van der Waals surface area contributed by atoms with Crippen molar-refractivity contribution in [1.82, 2.24) is 19.9 Å². The van der Waals surface area contributed by atoms with Gasteiger partial charge in [0.05, 0.1) is 12.2 Å². The summed E-state index contributed by atoms with van der Waals surface area (Å²) in [5.41, 5.74) is 1.94. The van der Waals surface area contributed by atoms with E-state index in [9.17, 15) is 4.79 Å². The van der Waals surface area contributed by atoms with Gasteiger partial charge in [-0.1, -0.05) is 54.6 Å². The Morgan fingerprint density at radius 2 is 2.08 bits per heavy atom. The number of aromatic nitrogens is 3. The highest BCUT2D eigenvalue weighted by Crippen LogP contribution is 2.28. The van der Waals surface area contributed by atoms with Crippen LogP contribution >= 0.6 is 0 Å². The van der Waals surface area contributed by atoms with Crippen LogP contribution in [0.5, 0.6) is 0 Å². The molecule has 5 heteroatoms. The van der Waals surface area contributed by atoms with Crippen LogP contribution in [0.1, 0.15) is 32.7 Å². The third-order valence-corrected chi connectivity index (χ3v) is 4.61. The summed E-state index contributed by atoms with van der Waals surface area (Å²) in [5.74, 6) is 0.604. The van der Waals surface area contributed by atoms with Gasteiger partial charge in [-0.05, 0) is 19.3 Å². The van der Waals surface area contributed by atoms with E-state index < -0.39 is 0 Å². The van der Waals surface area contributed by atoms with Crippen molar-refractivity contribution in [2.75, 3.05) is 13.1 Å². The summed E-state index contributed by atoms with van der Waals surface area (Å²) >= 11 is 0. The number of hydrogen-bond acceptors (Lipinski definition) is 3. The van der Waals surface area contributed by atoms with Crippen LogP contribution in [0.4, 0.5) is 0 Å². The first-order valence-corrected chi connectivity index (χ1v) is 8.55. The van der Waals surface area contributed by atoms with E-state index in [0.717, 1.165) is 24.2 Å². The largest absolute Gasteiger partial charge is 0.340 e. The zero-order valence-electron chi connectivity index (χ0n) is 14.3. The zero-order valence-corrected chi connectivity index (χ0v) is 14.3. The monoisotopic (exact) mass is 324 g/mol. The summed E-state index contributed by atoms with van der Waals surface area (Å²) < 4.78 is 1.92. The molecule has 24 heavy (non-hydrogen) atoms. The van der Waals surface area contributed by atoms with E-state index >= 15 is 0 Å². The van der Waals surface area contributed by atoms with Gasteiger partial charge in [-0.2, -0.15) is 0 Å². The smallest absolute Gasteiger partial charge is 0.222 e. The van der Waals surface area contributed by atoms with Gasteiger partial charge in [-0.3, -0.25) is 4.79 Å². The molecule has 1 aliphatic heterocycles. The van der Waals surface area contributed by atoms with E-state index in [1.54, 1.807) is 0 Å². The molecule has 1 saturated heterocycles. The summed E-state index contributed by atoms with van der Waals surface area (Å²) in [4.78, 5) is 14.3. The fraction of sp³-hybridized carbons (Fsp3) is 0.421. The number of rotatable bonds is 5. The third-order valence-electron chi connectivity index (χ3n) is 4.61. The van der Waals surface area contributed by atoms with Crippen LogP contribution in [0, 0.1) is 5.92 Å². The molecule has 2 atom stereocenters. The maximum absolute atomic E-state index is 12.3. The summed E-state index contributed by atoms with van der Waals surface area (Å²) in [6.07, 6.45) is 7.41. The highest BCUT2D eigenvalue weighted by molar-refractivity contribution is 5.76. The predicted octanol–water partition coefficient (Wildman–Crippen LogP) is 3.32. The first kappa shape index (κ1) is 16.4. The number of amides is 1. The van der Waals surface area contributed by atoms with Crippen molar-refractivity contribution >= 4 is 5.91 Å². The second-order valence-corrected chi connectivity index (χ2v) is 6.40. The number of likely N-dealkylation sites (tertiary alicyclic amines) is 1. The third kappa shape index (κ3) is 3.55. The molecule has 0 N–H and O–H groups in total. The molecule has 0 unspecified atom stereocenters. The Bertz CT molecular complexity index is 707. The first-order valence-electron chi connectivity index (χ1n) is 8.55. The van der Waals surface area contributed by atoms with Crippen molar-refractivity contribution in [2.45, 2.75) is 32.7 Å². The maximum atomic E-state index is 12.3. The lowest BCUT2D eigenvalue weighted by Gasteiger charge is -2.16. The molecular weight excluding hydrogens is 300 g/mol. The zero-order chi connectivity index (χ0) is 16.9. The standard InChI is InChI=1S/C19H24N4O/c1-3-4-6-11-19(24)22-12-15(2)18(14-22)23-13-17(20-21-23)16-9-7-5-8-10-16/h3-5,7-10,13,15,18H,6,11-12,14H2,1-2H3/b4-3+/t15-,18+/m1/s1. The van der Waals surface area contributed by atoms with Crippen LogP contribution in [0.2, 0.25) is 0 Å². The van der Waals surface area contributed by atoms with Gasteiger partial charge in [0.25, 0.3) is 0 Å². The van der Waals surface area contributed by atoms with E-state index in [1.807, 2.05) is 65.2 Å². The molecule has 2 heterocycles. The number of carbonyl (C=O) groups excluding carboxylic acids is 1. The van der Waals surface area contributed by atoms with Crippen molar-refractivity contribution in [1.29, 1.82) is 0 Å². The minimum atomic E-state index is 0.195. The fourth-order valence-electron chi connectivity index (χ4n) is 3.21. The molecule has 1 amide bonds. The molecule has 0 spiro atoms. The van der Waals surface area contributed by atoms with Gasteiger partial charge in [-0.25, -0.2) is 4.68 Å². The van der Waals surface area contributed by atoms with Gasteiger partial charge in [0.2, 0.25) is 5.91 Å². The number of carbonyl (C=O) groups is 1. The molecule has 0 radical (unpaired) electrons. The minimum absolute atomic E-state index is 0.195. The molecule has 1 fully saturated rings. The number of allylic oxidation sites excluding steroid dienone is 2. The van der Waals surface area contributed by atoms with Crippen LogP contribution in [0.3, 0.4) is 0 Å². The maximum Gasteiger partial charge on any atom is 0.222 e. The highest BCUT2D eigenvalue weighted by atomic mass is 16.2. The average Bonchev–Trinajstić information content (AvgIpc) is 3.22. The summed E-state index contributed by atoms with van der Waals surface area (Å²) in [6, 6.07) is 10.2. The lowest BCUT2D eigenvalue weighted by Crippen LogP contribution is -2.28. The Morgan fingerprint density at radius 1 is 1.29 bits per heavy atom. The Balaban J connectivity index is 1.67. The van der Waals surface area contributed by atoms with Crippen LogP contribution in [-0.2, 0) is 4.79 Å². The van der Waals surface area contributed by atoms with Gasteiger partial charge >= 0.3 is 0 Å². The minimum Gasteiger partial charge on any atom is -0.340 e. The number of hydrogen-bond donors (Lipinski definition) is 0. The van der Waals surface area contributed by atoms with Crippen molar-refractivity contribution < 1.29 is 4.79 Å². The lowest BCUT2D eigenvalue weighted by atomic mass is 10.1. The summed E-state index contributed by atoms with van der Waals surface area (Å²) in [5, 5.41) is 8.61. The molecule has 5 nitrogen and oxygen atoms in total. The predicted molar refractivity (Wildman–Crippen MR) is 94.3 cm³/mol. The van der Waals surface area contributed by atoms with Gasteiger partial charge in [0, 0.05) is 25.1 Å². The first-order chi connectivity index (χ1) is 11.7. The molecule has 2 aromatic rings. The average molecular weight is 324 g/mol. The SMILES string of the molecule is C/C=C/CCC(=O)N1C[C@@H](C)[C@@H](n2cc(-c3ccccc3)nn2)C1. The van der Waals surface area contributed by atoms with Gasteiger partial charge in [0.15, 0.2) is 0 Å². The Hall–Kier alpha value is -2.43. The molecule has 0 bridgehead atoms. The van der Waals surface area contributed by atoms with E-state index in [-0.39, 0.29) is 11.9 Å². The van der Waals surface area contributed by atoms with Gasteiger partial charge in [0.1, 0.15) is 5.69 Å². The topological polar surface area (TPSA) is 51.0 Å². The normalized spacial score (nSPS) is 20.8. The molecule has 1 aromatic heterocycles.